The molecule has 0 radical (unpaired) electrons. The van der Waals surface area contributed by atoms with Crippen molar-refractivity contribution < 1.29 is 38.0 Å². The summed E-state index contributed by atoms with van der Waals surface area (Å²) >= 11 is 2.09. The van der Waals surface area contributed by atoms with Gasteiger partial charge in [-0.3, -0.25) is 9.59 Å². The van der Waals surface area contributed by atoms with Crippen molar-refractivity contribution in [1.82, 2.24) is 0 Å². The summed E-state index contributed by atoms with van der Waals surface area (Å²) in [7, 11) is 4.59. The van der Waals surface area contributed by atoms with Crippen molar-refractivity contribution in [3.05, 3.63) is 36.4 Å². The Morgan fingerprint density at radius 2 is 1.15 bits per heavy atom. The predicted molar refractivity (Wildman–Crippen MR) is 129 cm³/mol. The molecule has 0 bridgehead atoms. The molecular weight excluding hydrogens is 543 g/mol. The molecule has 0 saturated heterocycles. The zero-order valence-electron chi connectivity index (χ0n) is 18.8. The zero-order chi connectivity index (χ0) is 23.8. The van der Waals surface area contributed by atoms with Crippen molar-refractivity contribution in [1.29, 1.82) is 0 Å². The van der Waals surface area contributed by atoms with Crippen LogP contribution in [0, 0.1) is 11.8 Å². The van der Waals surface area contributed by atoms with Crippen LogP contribution in [0.5, 0.6) is 34.5 Å². The quantitative estimate of drug-likeness (QED) is 0.184. The minimum Gasteiger partial charge on any atom is -0.493 e. The van der Waals surface area contributed by atoms with E-state index < -0.39 is 0 Å². The van der Waals surface area contributed by atoms with Gasteiger partial charge in [0, 0.05) is 12.1 Å². The molecule has 0 atom stereocenters. The normalized spacial score (nSPS) is 17.6. The van der Waals surface area contributed by atoms with Gasteiger partial charge in [-0.2, -0.15) is 0 Å². The van der Waals surface area contributed by atoms with Crippen molar-refractivity contribution >= 4 is 34.5 Å². The van der Waals surface area contributed by atoms with Gasteiger partial charge in [0.15, 0.2) is 23.0 Å². The van der Waals surface area contributed by atoms with Crippen LogP contribution < -0.4 is 28.4 Å². The van der Waals surface area contributed by atoms with Crippen molar-refractivity contribution in [3.8, 4) is 34.5 Å². The second-order valence-electron chi connectivity index (χ2n) is 7.47. The van der Waals surface area contributed by atoms with Crippen LogP contribution in [0.3, 0.4) is 0 Å². The number of rotatable bonds is 9. The number of alkyl halides is 1. The Balaban J connectivity index is 1.53. The molecule has 2 aromatic rings. The number of halogens is 1. The molecule has 0 amide bonds. The van der Waals surface area contributed by atoms with Crippen LogP contribution in [0.1, 0.15) is 25.7 Å². The number of carbonyl (C=O) groups excluding carboxylic acids is 2. The molecule has 0 spiro atoms. The Morgan fingerprint density at radius 1 is 0.727 bits per heavy atom. The average Bonchev–Trinajstić information content (AvgIpc) is 2.85. The molecule has 1 saturated carbocycles. The number of hydrogen-bond donors (Lipinski definition) is 0. The van der Waals surface area contributed by atoms with Gasteiger partial charge in [-0.25, -0.2) is 0 Å². The highest BCUT2D eigenvalue weighted by atomic mass is 127. The molecule has 2 aromatic carbocycles. The van der Waals surface area contributed by atoms with E-state index in [-0.39, 0.29) is 23.8 Å². The number of methoxy groups -OCH3 is 3. The summed E-state index contributed by atoms with van der Waals surface area (Å²) in [6, 6.07) is 9.97. The second-order valence-corrected chi connectivity index (χ2v) is 8.10. The molecule has 178 valence electrons. The van der Waals surface area contributed by atoms with E-state index in [0.717, 1.165) is 0 Å². The largest absolute Gasteiger partial charge is 0.493 e. The van der Waals surface area contributed by atoms with Gasteiger partial charge in [-0.1, -0.05) is 0 Å². The first kappa shape index (κ1) is 24.9. The first-order chi connectivity index (χ1) is 16.0. The van der Waals surface area contributed by atoms with Crippen LogP contribution in [0.15, 0.2) is 36.4 Å². The summed E-state index contributed by atoms with van der Waals surface area (Å²) in [5.74, 6) is 1.74. The highest BCUT2D eigenvalue weighted by molar-refractivity contribution is 14.1. The summed E-state index contributed by atoms with van der Waals surface area (Å²) in [5, 5.41) is 0. The first-order valence-corrected chi connectivity index (χ1v) is 12.0. The Labute approximate surface area is 206 Å². The minimum absolute atomic E-state index is 0.271. The van der Waals surface area contributed by atoms with E-state index in [2.05, 4.69) is 22.6 Å². The topological polar surface area (TPSA) is 89.5 Å². The van der Waals surface area contributed by atoms with E-state index >= 15 is 0 Å². The fourth-order valence-corrected chi connectivity index (χ4v) is 4.07. The lowest BCUT2D eigenvalue weighted by Crippen LogP contribution is -2.30. The Hall–Kier alpha value is -2.69. The maximum absolute atomic E-state index is 12.6. The van der Waals surface area contributed by atoms with Crippen LogP contribution in [0.2, 0.25) is 0 Å². The Morgan fingerprint density at radius 3 is 1.58 bits per heavy atom. The maximum atomic E-state index is 12.6. The van der Waals surface area contributed by atoms with Crippen molar-refractivity contribution in [2.45, 2.75) is 25.7 Å². The third-order valence-electron chi connectivity index (χ3n) is 5.53. The maximum Gasteiger partial charge on any atom is 0.314 e. The van der Waals surface area contributed by atoms with E-state index in [9.17, 15) is 9.59 Å². The Kier molecular flexibility index (Phi) is 9.04. The van der Waals surface area contributed by atoms with Crippen LogP contribution in [-0.4, -0.2) is 37.9 Å². The smallest absolute Gasteiger partial charge is 0.314 e. The standard InChI is InChI=1S/C24H27IO8/c1-28-19-10-8-17(12-21(19)29-2)32-23(26)15-4-6-16(7-5-15)24(27)33-18-9-11-20(31-14-25)22(13-18)30-3/h8-13,15-16H,4-7,14H2,1-3H3. The zero-order valence-corrected chi connectivity index (χ0v) is 21.0. The summed E-state index contributed by atoms with van der Waals surface area (Å²) in [5.41, 5.74) is 0. The minimum atomic E-state index is -0.315. The van der Waals surface area contributed by atoms with Gasteiger partial charge < -0.3 is 28.4 Å². The van der Waals surface area contributed by atoms with Crippen LogP contribution in [0.25, 0.3) is 0 Å². The van der Waals surface area contributed by atoms with Gasteiger partial charge in [0.1, 0.15) is 16.1 Å². The lowest BCUT2D eigenvalue weighted by atomic mass is 9.82. The average molecular weight is 570 g/mol. The molecule has 3 rings (SSSR count). The number of benzene rings is 2. The summed E-state index contributed by atoms with van der Waals surface area (Å²) in [6.45, 7) is 0. The molecule has 0 heterocycles. The molecular formula is C24H27IO8. The second kappa shape index (κ2) is 12.0. The van der Waals surface area contributed by atoms with E-state index in [1.54, 1.807) is 43.5 Å². The van der Waals surface area contributed by atoms with Crippen molar-refractivity contribution in [3.63, 3.8) is 0 Å². The third kappa shape index (κ3) is 6.43. The highest BCUT2D eigenvalue weighted by Crippen LogP contribution is 2.35. The molecule has 0 unspecified atom stereocenters. The van der Waals surface area contributed by atoms with Crippen LogP contribution in [-0.2, 0) is 9.59 Å². The lowest BCUT2D eigenvalue weighted by Gasteiger charge is -2.26. The summed E-state index contributed by atoms with van der Waals surface area (Å²) in [6.07, 6.45) is 2.21. The highest BCUT2D eigenvalue weighted by Gasteiger charge is 2.32. The fourth-order valence-electron chi connectivity index (χ4n) is 3.73. The van der Waals surface area contributed by atoms with Crippen LogP contribution >= 0.6 is 22.6 Å². The predicted octanol–water partition coefficient (Wildman–Crippen LogP) is 4.80. The molecule has 9 heteroatoms. The van der Waals surface area contributed by atoms with Gasteiger partial charge in [0.25, 0.3) is 0 Å². The van der Waals surface area contributed by atoms with Gasteiger partial charge in [-0.15, -0.1) is 0 Å². The van der Waals surface area contributed by atoms with Crippen LogP contribution in [0.4, 0.5) is 0 Å². The first-order valence-electron chi connectivity index (χ1n) is 10.5. The molecule has 0 N–H and O–H groups in total. The molecule has 1 aliphatic rings. The van der Waals surface area contributed by atoms with E-state index in [4.69, 9.17) is 28.4 Å². The van der Waals surface area contributed by atoms with E-state index in [1.807, 2.05) is 0 Å². The van der Waals surface area contributed by atoms with Gasteiger partial charge in [0.05, 0.1) is 33.2 Å². The SMILES string of the molecule is COc1ccc(OC(=O)C2CCC(C(=O)Oc3ccc(OCI)c(OC)c3)CC2)cc1OC. The fraction of sp³-hybridized carbons (Fsp3) is 0.417. The van der Waals surface area contributed by atoms with E-state index in [1.165, 1.54) is 14.2 Å². The van der Waals surface area contributed by atoms with Crippen molar-refractivity contribution in [2.24, 2.45) is 11.8 Å². The summed E-state index contributed by atoms with van der Waals surface area (Å²) in [4.78, 5) is 25.2. The monoisotopic (exact) mass is 570 g/mol. The number of hydrogen-bond acceptors (Lipinski definition) is 8. The Bertz CT molecular complexity index is 969. The van der Waals surface area contributed by atoms with E-state index in [0.29, 0.717) is 64.8 Å². The number of esters is 2. The van der Waals surface area contributed by atoms with Crippen molar-refractivity contribution in [2.75, 3.05) is 25.9 Å². The third-order valence-corrected chi connectivity index (χ3v) is 5.84. The molecule has 1 fully saturated rings. The van der Waals surface area contributed by atoms with Gasteiger partial charge in [-0.05, 0) is 72.5 Å². The van der Waals surface area contributed by atoms with Gasteiger partial charge in [0.2, 0.25) is 0 Å². The number of carbonyl (C=O) groups is 2. The molecule has 8 nitrogen and oxygen atoms in total. The van der Waals surface area contributed by atoms with Gasteiger partial charge >= 0.3 is 11.9 Å². The summed E-state index contributed by atoms with van der Waals surface area (Å²) < 4.78 is 32.8. The molecule has 1 aliphatic carbocycles. The number of ether oxygens (including phenoxy) is 6. The molecule has 0 aromatic heterocycles. The molecule has 0 aliphatic heterocycles. The lowest BCUT2D eigenvalue weighted by molar-refractivity contribution is -0.145. The molecule has 33 heavy (non-hydrogen) atoms.